The smallest absolute Gasteiger partial charge is 0.328 e. The molecule has 0 saturated carbocycles. The molecule has 0 aromatic carbocycles. The third-order valence-corrected chi connectivity index (χ3v) is 2.33. The topological polar surface area (TPSA) is 88.5 Å². The fourth-order valence-corrected chi connectivity index (χ4v) is 1.67. The molecular weight excluding hydrogens is 184 g/mol. The highest BCUT2D eigenvalue weighted by Gasteiger charge is 2.24. The van der Waals surface area contributed by atoms with Gasteiger partial charge in [-0.3, -0.25) is 0 Å². The summed E-state index contributed by atoms with van der Waals surface area (Å²) in [6.07, 6.45) is 4.93. The number of primary amides is 1. The molecule has 14 heavy (non-hydrogen) atoms. The number of allylic oxidation sites excluding steroid dienone is 1. The van der Waals surface area contributed by atoms with Crippen molar-refractivity contribution in [2.24, 2.45) is 5.73 Å². The number of carbonyl (C=O) groups excluding carboxylic acids is 1. The molecule has 1 aliphatic rings. The molecule has 1 aliphatic carbocycles. The summed E-state index contributed by atoms with van der Waals surface area (Å²) >= 11 is 0. The van der Waals surface area contributed by atoms with Crippen LogP contribution in [-0.4, -0.2) is 20.8 Å². The molecule has 0 radical (unpaired) electrons. The lowest BCUT2D eigenvalue weighted by Crippen LogP contribution is -2.18. The number of aromatic nitrogens is 1. The van der Waals surface area contributed by atoms with Gasteiger partial charge in [0, 0.05) is 11.1 Å². The molecule has 2 rings (SSSR count). The first-order valence-corrected chi connectivity index (χ1v) is 4.24. The van der Waals surface area contributed by atoms with Crippen molar-refractivity contribution in [1.29, 1.82) is 0 Å². The molecule has 1 heterocycles. The standard InChI is InChI=1S/C9H10N2O3/c10-9(14)11-7(12)5-3-1-2-4-6(5)8(11)13/h1,3,12-13H,2,4H2,(H2,10,14). The molecule has 1 aromatic rings. The highest BCUT2D eigenvalue weighted by atomic mass is 16.3. The van der Waals surface area contributed by atoms with Crippen molar-refractivity contribution in [3.05, 3.63) is 17.2 Å². The first-order valence-electron chi connectivity index (χ1n) is 4.24. The molecule has 5 heteroatoms. The van der Waals surface area contributed by atoms with E-state index in [9.17, 15) is 15.0 Å². The van der Waals surface area contributed by atoms with E-state index in [0.717, 1.165) is 6.42 Å². The number of hydrogen-bond donors (Lipinski definition) is 3. The lowest BCUT2D eigenvalue weighted by atomic mass is 10.0. The highest BCUT2D eigenvalue weighted by molar-refractivity contribution is 5.82. The third kappa shape index (κ3) is 0.985. The third-order valence-electron chi connectivity index (χ3n) is 2.33. The predicted octanol–water partition coefficient (Wildman–Crippen LogP) is 0.785. The van der Waals surface area contributed by atoms with Gasteiger partial charge in [-0.1, -0.05) is 12.2 Å². The van der Waals surface area contributed by atoms with E-state index < -0.39 is 6.03 Å². The molecule has 5 nitrogen and oxygen atoms in total. The molecule has 1 amide bonds. The minimum atomic E-state index is -0.886. The predicted molar refractivity (Wildman–Crippen MR) is 50.1 cm³/mol. The summed E-state index contributed by atoms with van der Waals surface area (Å²) in [5.74, 6) is -0.546. The van der Waals surface area contributed by atoms with Gasteiger partial charge in [0.15, 0.2) is 0 Å². The number of carbonyl (C=O) groups is 1. The van der Waals surface area contributed by atoms with E-state index in [1.807, 2.05) is 6.08 Å². The Morgan fingerprint density at radius 1 is 1.43 bits per heavy atom. The van der Waals surface area contributed by atoms with Crippen LogP contribution in [0.3, 0.4) is 0 Å². The molecule has 0 saturated heterocycles. The second-order valence-electron chi connectivity index (χ2n) is 3.15. The number of nitrogens with zero attached hydrogens (tertiary/aromatic N) is 1. The summed E-state index contributed by atoms with van der Waals surface area (Å²) in [4.78, 5) is 10.9. The van der Waals surface area contributed by atoms with Crippen LogP contribution in [0, 0.1) is 0 Å². The molecule has 74 valence electrons. The number of rotatable bonds is 0. The van der Waals surface area contributed by atoms with Crippen molar-refractivity contribution in [3.8, 4) is 11.8 Å². The Kier molecular flexibility index (Phi) is 1.73. The van der Waals surface area contributed by atoms with Gasteiger partial charge in [-0.05, 0) is 12.8 Å². The van der Waals surface area contributed by atoms with Gasteiger partial charge in [0.2, 0.25) is 11.8 Å². The van der Waals surface area contributed by atoms with Crippen LogP contribution in [0.1, 0.15) is 17.5 Å². The van der Waals surface area contributed by atoms with E-state index in [1.165, 1.54) is 0 Å². The van der Waals surface area contributed by atoms with Gasteiger partial charge in [0.25, 0.3) is 0 Å². The van der Waals surface area contributed by atoms with Gasteiger partial charge < -0.3 is 15.9 Å². The molecule has 0 spiro atoms. The minimum Gasteiger partial charge on any atom is -0.494 e. The van der Waals surface area contributed by atoms with Crippen molar-refractivity contribution in [1.82, 2.24) is 4.57 Å². The Balaban J connectivity index is 2.70. The van der Waals surface area contributed by atoms with Crippen LogP contribution in [-0.2, 0) is 6.42 Å². The van der Waals surface area contributed by atoms with Crippen LogP contribution in [0.2, 0.25) is 0 Å². The molecule has 0 fully saturated rings. The maximum Gasteiger partial charge on any atom is 0.328 e. The van der Waals surface area contributed by atoms with E-state index in [4.69, 9.17) is 5.73 Å². The van der Waals surface area contributed by atoms with Gasteiger partial charge >= 0.3 is 6.03 Å². The molecule has 0 atom stereocenters. The van der Waals surface area contributed by atoms with Crippen LogP contribution in [0.25, 0.3) is 6.08 Å². The van der Waals surface area contributed by atoms with E-state index in [0.29, 0.717) is 22.1 Å². The molecular formula is C9H10N2O3. The van der Waals surface area contributed by atoms with Crippen LogP contribution in [0.5, 0.6) is 11.8 Å². The summed E-state index contributed by atoms with van der Waals surface area (Å²) in [7, 11) is 0. The summed E-state index contributed by atoms with van der Waals surface area (Å²) in [5.41, 5.74) is 6.06. The van der Waals surface area contributed by atoms with Gasteiger partial charge in [-0.2, -0.15) is 0 Å². The average molecular weight is 194 g/mol. The quantitative estimate of drug-likeness (QED) is 0.570. The van der Waals surface area contributed by atoms with Crippen LogP contribution in [0.4, 0.5) is 4.79 Å². The Bertz CT molecular complexity index is 432. The normalized spacial score (nSPS) is 14.0. The average Bonchev–Trinajstić information content (AvgIpc) is 2.41. The monoisotopic (exact) mass is 194 g/mol. The molecule has 0 aliphatic heterocycles. The maximum atomic E-state index is 10.9. The Hall–Kier alpha value is -1.91. The lowest BCUT2D eigenvalue weighted by molar-refractivity contribution is 0.244. The lowest BCUT2D eigenvalue weighted by Gasteiger charge is -2.03. The van der Waals surface area contributed by atoms with Crippen LogP contribution in [0.15, 0.2) is 6.08 Å². The van der Waals surface area contributed by atoms with E-state index in [-0.39, 0.29) is 11.8 Å². The van der Waals surface area contributed by atoms with E-state index in [1.54, 1.807) is 6.08 Å². The highest BCUT2D eigenvalue weighted by Crippen LogP contribution is 2.37. The zero-order chi connectivity index (χ0) is 10.3. The van der Waals surface area contributed by atoms with E-state index in [2.05, 4.69) is 0 Å². The zero-order valence-corrected chi connectivity index (χ0v) is 7.40. The Morgan fingerprint density at radius 3 is 2.71 bits per heavy atom. The van der Waals surface area contributed by atoms with Gasteiger partial charge in [0.1, 0.15) is 0 Å². The number of amides is 1. The SMILES string of the molecule is NC(=O)n1c(O)c2c(c1O)CCC=C2. The van der Waals surface area contributed by atoms with Crippen LogP contribution < -0.4 is 5.73 Å². The first-order chi connectivity index (χ1) is 6.63. The second kappa shape index (κ2) is 2.80. The van der Waals surface area contributed by atoms with Gasteiger partial charge in [-0.25, -0.2) is 9.36 Å². The summed E-state index contributed by atoms with van der Waals surface area (Å²) in [5, 5.41) is 19.2. The summed E-state index contributed by atoms with van der Waals surface area (Å²) in [6, 6.07) is -0.886. The van der Waals surface area contributed by atoms with Gasteiger partial charge in [-0.15, -0.1) is 0 Å². The minimum absolute atomic E-state index is 0.255. The number of hydrogen-bond acceptors (Lipinski definition) is 3. The van der Waals surface area contributed by atoms with Crippen molar-refractivity contribution in [2.75, 3.05) is 0 Å². The summed E-state index contributed by atoms with van der Waals surface area (Å²) in [6.45, 7) is 0. The van der Waals surface area contributed by atoms with Crippen molar-refractivity contribution in [2.45, 2.75) is 12.8 Å². The Labute approximate surface area is 80.1 Å². The first kappa shape index (κ1) is 8.68. The molecule has 1 aromatic heterocycles. The fourth-order valence-electron chi connectivity index (χ4n) is 1.67. The number of nitrogens with two attached hydrogens (primary N) is 1. The van der Waals surface area contributed by atoms with Gasteiger partial charge in [0.05, 0.1) is 0 Å². The fraction of sp³-hybridized carbons (Fsp3) is 0.222. The summed E-state index contributed by atoms with van der Waals surface area (Å²) < 4.78 is 0.709. The van der Waals surface area contributed by atoms with Crippen LogP contribution >= 0.6 is 0 Å². The van der Waals surface area contributed by atoms with Crippen molar-refractivity contribution >= 4 is 12.1 Å². The zero-order valence-electron chi connectivity index (χ0n) is 7.40. The Morgan fingerprint density at radius 2 is 2.14 bits per heavy atom. The molecule has 4 N–H and O–H groups in total. The largest absolute Gasteiger partial charge is 0.494 e. The molecule has 0 unspecified atom stereocenters. The maximum absolute atomic E-state index is 10.9. The van der Waals surface area contributed by atoms with Crippen molar-refractivity contribution < 1.29 is 15.0 Å². The molecule has 0 bridgehead atoms. The second-order valence-corrected chi connectivity index (χ2v) is 3.15. The number of aromatic hydroxyl groups is 2. The number of fused-ring (bicyclic) bond motifs is 1. The van der Waals surface area contributed by atoms with Crippen molar-refractivity contribution in [3.63, 3.8) is 0 Å². The van der Waals surface area contributed by atoms with E-state index >= 15 is 0 Å².